The van der Waals surface area contributed by atoms with E-state index in [0.29, 0.717) is 0 Å². The van der Waals surface area contributed by atoms with Gasteiger partial charge in [0.25, 0.3) is 0 Å². The van der Waals surface area contributed by atoms with E-state index in [1.807, 2.05) is 0 Å². The highest BCUT2D eigenvalue weighted by Crippen LogP contribution is 2.29. The van der Waals surface area contributed by atoms with E-state index in [1.54, 1.807) is 0 Å². The zero-order valence-electron chi connectivity index (χ0n) is 8.08. The molecule has 0 aliphatic heterocycles. The molecule has 16 heavy (non-hydrogen) atoms. The maximum absolute atomic E-state index is 10.4. The molecule has 1 rings (SSSR count). The summed E-state index contributed by atoms with van der Waals surface area (Å²) < 4.78 is 0. The van der Waals surface area contributed by atoms with Crippen LogP contribution >= 0.6 is 11.6 Å². The van der Waals surface area contributed by atoms with Crippen molar-refractivity contribution >= 4 is 17.3 Å². The number of rotatable bonds is 4. The van der Waals surface area contributed by atoms with Crippen molar-refractivity contribution < 1.29 is 20.2 Å². The summed E-state index contributed by atoms with van der Waals surface area (Å²) in [5.41, 5.74) is -0.299. The Bertz CT molecular complexity index is 397. The van der Waals surface area contributed by atoms with Gasteiger partial charge in [0.15, 0.2) is 5.75 Å². The molecular formula is C9H10ClNO5. The first kappa shape index (κ1) is 12.7. The number of hydrogen-bond acceptors (Lipinski definition) is 5. The number of nitro groups is 1. The highest BCUT2D eigenvalue weighted by atomic mass is 35.5. The number of halogens is 1. The van der Waals surface area contributed by atoms with E-state index >= 15 is 0 Å². The van der Waals surface area contributed by atoms with Crippen LogP contribution < -0.4 is 0 Å². The highest BCUT2D eigenvalue weighted by Gasteiger charge is 2.21. The van der Waals surface area contributed by atoms with Gasteiger partial charge >= 0.3 is 5.69 Å². The van der Waals surface area contributed by atoms with Crippen molar-refractivity contribution in [2.24, 2.45) is 0 Å². The molecule has 2 unspecified atom stereocenters. The van der Waals surface area contributed by atoms with E-state index in [4.69, 9.17) is 11.6 Å². The SMILES string of the molecule is O=[N+]([O-])c1ccc(C(O)C(O)CCl)cc1O. The third-order valence-corrected chi connectivity index (χ3v) is 2.38. The number of nitro benzene ring substituents is 1. The van der Waals surface area contributed by atoms with E-state index in [-0.39, 0.29) is 11.4 Å². The van der Waals surface area contributed by atoms with Crippen molar-refractivity contribution in [1.82, 2.24) is 0 Å². The van der Waals surface area contributed by atoms with Crippen LogP contribution in [0.15, 0.2) is 18.2 Å². The van der Waals surface area contributed by atoms with Crippen molar-refractivity contribution in [3.8, 4) is 5.75 Å². The minimum atomic E-state index is -1.29. The van der Waals surface area contributed by atoms with Crippen LogP contribution in [0.1, 0.15) is 11.7 Å². The summed E-state index contributed by atoms with van der Waals surface area (Å²) in [4.78, 5) is 9.66. The number of phenols is 1. The van der Waals surface area contributed by atoms with Crippen molar-refractivity contribution in [3.05, 3.63) is 33.9 Å². The molecule has 0 bridgehead atoms. The second-order valence-corrected chi connectivity index (χ2v) is 3.48. The summed E-state index contributed by atoms with van der Waals surface area (Å²) in [6.07, 6.45) is -2.48. The van der Waals surface area contributed by atoms with Gasteiger partial charge in [0.05, 0.1) is 16.9 Å². The number of aliphatic hydroxyl groups is 2. The molecule has 88 valence electrons. The van der Waals surface area contributed by atoms with E-state index in [0.717, 1.165) is 12.1 Å². The van der Waals surface area contributed by atoms with Gasteiger partial charge in [0.2, 0.25) is 0 Å². The number of nitrogens with zero attached hydrogens (tertiary/aromatic N) is 1. The number of hydrogen-bond donors (Lipinski definition) is 3. The Balaban J connectivity index is 3.01. The van der Waals surface area contributed by atoms with Crippen LogP contribution in [0.2, 0.25) is 0 Å². The van der Waals surface area contributed by atoms with Gasteiger partial charge in [-0.05, 0) is 17.7 Å². The van der Waals surface area contributed by atoms with E-state index in [2.05, 4.69) is 0 Å². The molecule has 0 aliphatic carbocycles. The maximum Gasteiger partial charge on any atom is 0.310 e. The third-order valence-electron chi connectivity index (χ3n) is 2.06. The molecule has 0 spiro atoms. The smallest absolute Gasteiger partial charge is 0.310 e. The normalized spacial score (nSPS) is 14.4. The summed E-state index contributed by atoms with van der Waals surface area (Å²) in [5, 5.41) is 38.5. The Labute approximate surface area is 95.9 Å². The van der Waals surface area contributed by atoms with Crippen LogP contribution in [0.25, 0.3) is 0 Å². The van der Waals surface area contributed by atoms with E-state index in [1.165, 1.54) is 6.07 Å². The van der Waals surface area contributed by atoms with Crippen LogP contribution in [-0.2, 0) is 0 Å². The summed E-state index contributed by atoms with van der Waals surface area (Å²) in [6.45, 7) is 0. The predicted molar refractivity (Wildman–Crippen MR) is 56.4 cm³/mol. The van der Waals surface area contributed by atoms with Crippen molar-refractivity contribution in [1.29, 1.82) is 0 Å². The van der Waals surface area contributed by atoms with Gasteiger partial charge in [0, 0.05) is 6.07 Å². The summed E-state index contributed by atoms with van der Waals surface area (Å²) in [5.74, 6) is -0.748. The lowest BCUT2D eigenvalue weighted by Gasteiger charge is -2.15. The largest absolute Gasteiger partial charge is 0.502 e. The molecule has 7 heteroatoms. The molecule has 1 aromatic carbocycles. The quantitative estimate of drug-likeness (QED) is 0.417. The average Bonchev–Trinajstić information content (AvgIpc) is 2.26. The molecule has 0 fully saturated rings. The number of alkyl halides is 1. The molecule has 0 aliphatic rings. The first-order valence-electron chi connectivity index (χ1n) is 4.36. The van der Waals surface area contributed by atoms with E-state index < -0.39 is 28.6 Å². The first-order chi connectivity index (χ1) is 7.47. The molecule has 0 heterocycles. The van der Waals surface area contributed by atoms with Gasteiger partial charge in [-0.15, -0.1) is 11.6 Å². The summed E-state index contributed by atoms with van der Waals surface area (Å²) in [6, 6.07) is 3.33. The van der Waals surface area contributed by atoms with Crippen molar-refractivity contribution in [2.75, 3.05) is 5.88 Å². The fourth-order valence-corrected chi connectivity index (χ4v) is 1.35. The lowest BCUT2D eigenvalue weighted by Crippen LogP contribution is -2.19. The van der Waals surface area contributed by atoms with Crippen LogP contribution in [0, 0.1) is 10.1 Å². The lowest BCUT2D eigenvalue weighted by molar-refractivity contribution is -0.385. The topological polar surface area (TPSA) is 104 Å². The van der Waals surface area contributed by atoms with Crippen molar-refractivity contribution in [3.63, 3.8) is 0 Å². The second-order valence-electron chi connectivity index (χ2n) is 3.17. The molecule has 1 aromatic rings. The molecule has 6 nitrogen and oxygen atoms in total. The Morgan fingerprint density at radius 3 is 2.50 bits per heavy atom. The van der Waals surface area contributed by atoms with E-state index in [9.17, 15) is 25.4 Å². The fraction of sp³-hybridized carbons (Fsp3) is 0.333. The summed E-state index contributed by atoms with van der Waals surface area (Å²) >= 11 is 5.34. The Kier molecular flexibility index (Phi) is 4.05. The lowest BCUT2D eigenvalue weighted by atomic mass is 10.0. The fourth-order valence-electron chi connectivity index (χ4n) is 1.19. The second kappa shape index (κ2) is 5.11. The van der Waals surface area contributed by atoms with Crippen LogP contribution in [-0.4, -0.2) is 32.2 Å². The zero-order valence-corrected chi connectivity index (χ0v) is 8.83. The molecular weight excluding hydrogens is 238 g/mol. The maximum atomic E-state index is 10.4. The van der Waals surface area contributed by atoms with Gasteiger partial charge in [0.1, 0.15) is 6.10 Å². The molecule has 0 saturated heterocycles. The zero-order chi connectivity index (χ0) is 12.3. The first-order valence-corrected chi connectivity index (χ1v) is 4.90. The van der Waals surface area contributed by atoms with Crippen LogP contribution in [0.3, 0.4) is 0 Å². The number of phenolic OH excluding ortho intramolecular Hbond substituents is 1. The molecule has 3 N–H and O–H groups in total. The number of aromatic hydroxyl groups is 1. The van der Waals surface area contributed by atoms with Gasteiger partial charge in [-0.25, -0.2) is 0 Å². The molecule has 0 aromatic heterocycles. The van der Waals surface area contributed by atoms with Crippen molar-refractivity contribution in [2.45, 2.75) is 12.2 Å². The number of aliphatic hydroxyl groups excluding tert-OH is 2. The highest BCUT2D eigenvalue weighted by molar-refractivity contribution is 6.18. The Morgan fingerprint density at radius 1 is 1.44 bits per heavy atom. The van der Waals surface area contributed by atoms with Gasteiger partial charge in [-0.3, -0.25) is 10.1 Å². The van der Waals surface area contributed by atoms with Gasteiger partial charge in [-0.2, -0.15) is 0 Å². The number of benzene rings is 1. The molecule has 0 amide bonds. The monoisotopic (exact) mass is 247 g/mol. The summed E-state index contributed by atoms with van der Waals surface area (Å²) in [7, 11) is 0. The van der Waals surface area contributed by atoms with Gasteiger partial charge in [-0.1, -0.05) is 0 Å². The molecule has 2 atom stereocenters. The minimum Gasteiger partial charge on any atom is -0.502 e. The predicted octanol–water partition coefficient (Wildman–Crippen LogP) is 0.933. The Morgan fingerprint density at radius 2 is 2.06 bits per heavy atom. The average molecular weight is 248 g/mol. The minimum absolute atomic E-state index is 0.163. The van der Waals surface area contributed by atoms with Gasteiger partial charge < -0.3 is 15.3 Å². The Hall–Kier alpha value is -1.37. The molecule has 0 radical (unpaired) electrons. The van der Waals surface area contributed by atoms with Crippen LogP contribution in [0.4, 0.5) is 5.69 Å². The molecule has 0 saturated carbocycles. The van der Waals surface area contributed by atoms with Crippen LogP contribution in [0.5, 0.6) is 5.75 Å². The third kappa shape index (κ3) is 2.60. The standard InChI is InChI=1S/C9H10ClNO5/c10-4-8(13)9(14)5-1-2-6(11(15)16)7(12)3-5/h1-3,8-9,12-14H,4H2.